The maximum Gasteiger partial charge on any atom is 0.330 e. The second-order valence-electron chi connectivity index (χ2n) is 4.48. The summed E-state index contributed by atoms with van der Waals surface area (Å²) in [6.45, 7) is 6.28. The van der Waals surface area contributed by atoms with Crippen LogP contribution in [0.3, 0.4) is 0 Å². The minimum absolute atomic E-state index is 0.347. The minimum atomic E-state index is -1.14. The maximum absolute atomic E-state index is 10.7. The van der Waals surface area contributed by atoms with Gasteiger partial charge in [0.25, 0.3) is 0 Å². The number of carbonyl (C=O) groups excluding carboxylic acids is 1. The summed E-state index contributed by atoms with van der Waals surface area (Å²) in [5.74, 6) is -0.347. The quantitative estimate of drug-likeness (QED) is 0.335. The Balaban J connectivity index is 0.000000494. The lowest BCUT2D eigenvalue weighted by Gasteiger charge is -1.97. The van der Waals surface area contributed by atoms with Crippen molar-refractivity contribution in [1.82, 2.24) is 0 Å². The number of ether oxygens (including phenoxy) is 1. The van der Waals surface area contributed by atoms with Crippen molar-refractivity contribution in [1.29, 1.82) is 0 Å². The number of benzene rings is 1. The number of esters is 1. The molecule has 0 unspecified atom stereocenters. The Morgan fingerprint density at radius 1 is 1.39 bits per heavy atom. The summed E-state index contributed by atoms with van der Waals surface area (Å²) in [6, 6.07) is 7.65. The molecule has 0 aliphatic rings. The number of rotatable bonds is 2. The first-order valence-electron chi connectivity index (χ1n) is 5.43. The molecule has 0 radical (unpaired) electrons. The van der Waals surface area contributed by atoms with Crippen molar-refractivity contribution in [2.75, 3.05) is 7.11 Å². The van der Waals surface area contributed by atoms with Crippen LogP contribution in [0.1, 0.15) is 5.56 Å². The first kappa shape index (κ1) is 17.4. The Morgan fingerprint density at radius 2 is 1.94 bits per heavy atom. The Hall–Kier alpha value is -0.583. The summed E-state index contributed by atoms with van der Waals surface area (Å²) in [5, 5.41) is 0. The van der Waals surface area contributed by atoms with E-state index in [4.69, 9.17) is 11.1 Å². The van der Waals surface area contributed by atoms with Gasteiger partial charge in [-0.05, 0) is 23.8 Å². The molecule has 0 saturated carbocycles. The van der Waals surface area contributed by atoms with Gasteiger partial charge in [-0.25, -0.2) is 4.79 Å². The molecule has 0 aliphatic carbocycles. The standard InChI is InChI=1S/C10H9BrO2.C3H9ClSi/c1-13-10(12)6-5-8-3-2-4-9(11)7-8;1-5(2,3)4/h2-7H,1H3;1-3H3/b6-5+;. The van der Waals surface area contributed by atoms with E-state index in [1.807, 2.05) is 24.3 Å². The first-order chi connectivity index (χ1) is 8.22. The van der Waals surface area contributed by atoms with Crippen molar-refractivity contribution in [2.45, 2.75) is 19.6 Å². The third-order valence-corrected chi connectivity index (χ3v) is 1.95. The molecule has 0 fully saturated rings. The predicted octanol–water partition coefficient (Wildman–Crippen LogP) is 4.70. The molecule has 0 atom stereocenters. The average Bonchev–Trinajstić information content (AvgIpc) is 2.23. The van der Waals surface area contributed by atoms with E-state index >= 15 is 0 Å². The maximum atomic E-state index is 10.7. The SMILES string of the molecule is COC(=O)/C=C/c1cccc(Br)c1.C[Si](C)(C)Cl. The van der Waals surface area contributed by atoms with Crippen LogP contribution in [0.25, 0.3) is 6.08 Å². The van der Waals surface area contributed by atoms with Gasteiger partial charge in [0, 0.05) is 10.5 Å². The highest BCUT2D eigenvalue weighted by atomic mass is 79.9. The van der Waals surface area contributed by atoms with Crippen LogP contribution in [-0.4, -0.2) is 20.5 Å². The molecule has 18 heavy (non-hydrogen) atoms. The largest absolute Gasteiger partial charge is 0.466 e. The van der Waals surface area contributed by atoms with Gasteiger partial charge in [-0.1, -0.05) is 47.7 Å². The third kappa shape index (κ3) is 11.9. The zero-order valence-corrected chi connectivity index (χ0v) is 14.4. The van der Waals surface area contributed by atoms with Crippen molar-refractivity contribution in [3.8, 4) is 0 Å². The van der Waals surface area contributed by atoms with Gasteiger partial charge < -0.3 is 4.74 Å². The van der Waals surface area contributed by atoms with Crippen LogP contribution in [0.15, 0.2) is 34.8 Å². The lowest BCUT2D eigenvalue weighted by atomic mass is 10.2. The topological polar surface area (TPSA) is 26.3 Å². The van der Waals surface area contributed by atoms with Gasteiger partial charge in [0.1, 0.15) is 7.38 Å². The number of halogens is 2. The Bertz CT molecular complexity index is 408. The van der Waals surface area contributed by atoms with Crippen molar-refractivity contribution >= 4 is 46.4 Å². The Morgan fingerprint density at radius 3 is 2.39 bits per heavy atom. The van der Waals surface area contributed by atoms with Crippen LogP contribution in [0, 0.1) is 0 Å². The molecular formula is C13H18BrClO2Si. The highest BCUT2D eigenvalue weighted by Gasteiger charge is 2.04. The fourth-order valence-electron chi connectivity index (χ4n) is 0.843. The average molecular weight is 350 g/mol. The smallest absolute Gasteiger partial charge is 0.330 e. The first-order valence-corrected chi connectivity index (χ1v) is 10.7. The third-order valence-electron chi connectivity index (χ3n) is 1.46. The minimum Gasteiger partial charge on any atom is -0.466 e. The molecule has 2 nitrogen and oxygen atoms in total. The van der Waals surface area contributed by atoms with Crippen LogP contribution in [-0.2, 0) is 9.53 Å². The van der Waals surface area contributed by atoms with Crippen LogP contribution in [0.5, 0.6) is 0 Å². The van der Waals surface area contributed by atoms with E-state index in [2.05, 4.69) is 40.3 Å². The van der Waals surface area contributed by atoms with Crippen LogP contribution >= 0.6 is 27.0 Å². The molecular weight excluding hydrogens is 332 g/mol. The summed E-state index contributed by atoms with van der Waals surface area (Å²) in [4.78, 5) is 10.7. The van der Waals surface area contributed by atoms with Crippen molar-refractivity contribution in [3.05, 3.63) is 40.4 Å². The molecule has 0 spiro atoms. The molecule has 1 aromatic carbocycles. The lowest BCUT2D eigenvalue weighted by Crippen LogP contribution is -2.06. The zero-order chi connectivity index (χ0) is 14.2. The lowest BCUT2D eigenvalue weighted by molar-refractivity contribution is -0.134. The van der Waals surface area contributed by atoms with E-state index in [9.17, 15) is 4.79 Å². The highest BCUT2D eigenvalue weighted by molar-refractivity contribution is 9.10. The normalized spacial score (nSPS) is 10.8. The number of hydrogen-bond donors (Lipinski definition) is 0. The number of methoxy groups -OCH3 is 1. The molecule has 1 rings (SSSR count). The molecule has 0 bridgehead atoms. The van der Waals surface area contributed by atoms with Gasteiger partial charge in [-0.15, -0.1) is 0 Å². The van der Waals surface area contributed by atoms with E-state index in [0.29, 0.717) is 0 Å². The molecule has 1 aromatic rings. The van der Waals surface area contributed by atoms with Crippen molar-refractivity contribution in [2.24, 2.45) is 0 Å². The van der Waals surface area contributed by atoms with Crippen LogP contribution in [0.2, 0.25) is 19.6 Å². The van der Waals surface area contributed by atoms with E-state index in [1.165, 1.54) is 13.2 Å². The zero-order valence-electron chi connectivity index (χ0n) is 11.0. The van der Waals surface area contributed by atoms with Gasteiger partial charge in [-0.2, -0.15) is 11.1 Å². The van der Waals surface area contributed by atoms with Gasteiger partial charge >= 0.3 is 5.97 Å². The summed E-state index contributed by atoms with van der Waals surface area (Å²) >= 11 is 9.01. The molecule has 0 aliphatic heterocycles. The molecule has 0 amide bonds. The summed E-state index contributed by atoms with van der Waals surface area (Å²) in [7, 11) is 0.216. The van der Waals surface area contributed by atoms with E-state index in [-0.39, 0.29) is 5.97 Å². The van der Waals surface area contributed by atoms with Crippen LogP contribution in [0.4, 0.5) is 0 Å². The van der Waals surface area contributed by atoms with E-state index < -0.39 is 7.38 Å². The Labute approximate surface area is 123 Å². The Kier molecular flexibility index (Phi) is 8.23. The summed E-state index contributed by atoms with van der Waals surface area (Å²) < 4.78 is 5.45. The fourth-order valence-corrected chi connectivity index (χ4v) is 1.26. The van der Waals surface area contributed by atoms with Crippen LogP contribution < -0.4 is 0 Å². The molecule has 0 aromatic heterocycles. The second-order valence-corrected chi connectivity index (χ2v) is 12.9. The molecule has 0 N–H and O–H groups in total. The van der Waals surface area contributed by atoms with Gasteiger partial charge in [0.2, 0.25) is 0 Å². The fraction of sp³-hybridized carbons (Fsp3) is 0.308. The number of carbonyl (C=O) groups is 1. The van der Waals surface area contributed by atoms with Gasteiger partial charge in [0.15, 0.2) is 0 Å². The van der Waals surface area contributed by atoms with E-state index in [1.54, 1.807) is 6.08 Å². The molecule has 100 valence electrons. The second kappa shape index (κ2) is 8.51. The number of hydrogen-bond acceptors (Lipinski definition) is 2. The predicted molar refractivity (Wildman–Crippen MR) is 84.4 cm³/mol. The monoisotopic (exact) mass is 348 g/mol. The molecule has 0 saturated heterocycles. The summed E-state index contributed by atoms with van der Waals surface area (Å²) in [5.41, 5.74) is 0.958. The van der Waals surface area contributed by atoms with Gasteiger partial charge in [0.05, 0.1) is 7.11 Å². The highest BCUT2D eigenvalue weighted by Crippen LogP contribution is 2.12. The van der Waals surface area contributed by atoms with Crippen molar-refractivity contribution < 1.29 is 9.53 Å². The van der Waals surface area contributed by atoms with Gasteiger partial charge in [-0.3, -0.25) is 0 Å². The summed E-state index contributed by atoms with van der Waals surface area (Å²) in [6.07, 6.45) is 3.10. The molecule has 0 heterocycles. The molecule has 5 heteroatoms. The van der Waals surface area contributed by atoms with E-state index in [0.717, 1.165) is 10.0 Å². The van der Waals surface area contributed by atoms with Crippen molar-refractivity contribution in [3.63, 3.8) is 0 Å².